The van der Waals surface area contributed by atoms with Gasteiger partial charge < -0.3 is 18.9 Å². The molecule has 1 saturated carbocycles. The average molecular weight is 742 g/mol. The van der Waals surface area contributed by atoms with Gasteiger partial charge in [-0.15, -0.1) is 0 Å². The third-order valence-corrected chi connectivity index (χ3v) is 12.8. The molecule has 53 heavy (non-hydrogen) atoms. The normalized spacial score (nSPS) is 19.5. The fourth-order valence-electron chi connectivity index (χ4n) is 8.55. The van der Waals surface area contributed by atoms with Gasteiger partial charge in [-0.25, -0.2) is 13.1 Å². The first kappa shape index (κ1) is 36.9. The first-order chi connectivity index (χ1) is 25.3. The maximum Gasteiger partial charge on any atom is 0.272 e. The number of sulfonamides is 1. The van der Waals surface area contributed by atoms with Crippen molar-refractivity contribution in [3.63, 3.8) is 0 Å². The predicted molar refractivity (Wildman–Crippen MR) is 208 cm³/mol. The van der Waals surface area contributed by atoms with Gasteiger partial charge in [-0.3, -0.25) is 14.3 Å². The van der Waals surface area contributed by atoms with Gasteiger partial charge in [-0.05, 0) is 113 Å². The van der Waals surface area contributed by atoms with E-state index >= 15 is 0 Å². The third kappa shape index (κ3) is 6.80. The van der Waals surface area contributed by atoms with E-state index in [0.29, 0.717) is 37.8 Å². The van der Waals surface area contributed by atoms with Crippen LogP contribution in [0, 0.1) is 6.92 Å². The fraction of sp³-hybridized carbons (Fsp3) is 0.488. The summed E-state index contributed by atoms with van der Waals surface area (Å²) in [5.41, 5.74) is 8.45. The van der Waals surface area contributed by atoms with Gasteiger partial charge in [0.1, 0.15) is 11.4 Å². The molecule has 2 amide bonds. The van der Waals surface area contributed by atoms with E-state index in [-0.39, 0.29) is 23.7 Å². The van der Waals surface area contributed by atoms with Crippen LogP contribution >= 0.6 is 0 Å². The van der Waals surface area contributed by atoms with E-state index in [9.17, 15) is 18.0 Å². The number of carbonyl (C=O) groups is 2. The molecule has 0 spiro atoms. The predicted octanol–water partition coefficient (Wildman–Crippen LogP) is 7.16. The van der Waals surface area contributed by atoms with Gasteiger partial charge in [0.15, 0.2) is 0 Å². The highest BCUT2D eigenvalue weighted by atomic mass is 32.2. The number of methoxy groups -OCH3 is 1. The average Bonchev–Trinajstić information content (AvgIpc) is 3.57. The quantitative estimate of drug-likeness (QED) is 0.203. The zero-order valence-corrected chi connectivity index (χ0v) is 32.7. The molecule has 7 rings (SSSR count). The number of hydrogen-bond donors (Lipinski definition) is 1. The molecule has 2 aliphatic heterocycles. The van der Waals surface area contributed by atoms with Crippen LogP contribution in [0.25, 0.3) is 33.8 Å². The number of nitrogens with zero attached hydrogens (tertiary/aromatic N) is 4. The first-order valence-corrected chi connectivity index (χ1v) is 20.5. The molecule has 0 unspecified atom stereocenters. The largest absolute Gasteiger partial charge is 0.497 e. The van der Waals surface area contributed by atoms with Crippen molar-refractivity contribution in [3.05, 3.63) is 70.0 Å². The molecule has 2 fully saturated rings. The standard InChI is InChI=1S/C41H51N5O6S/c1-8-46-39(41(48)44-21-25(4)52-26(5)22-44)36(27(6)42-46)31-18-30-19-32(51-7)15-17-33(30)38-37(28-12-10-9-11-13-28)34-16-14-29(20-35(34)45(38)23-31)40(47)43-53(49,50)24(2)3/h14-20,24-26,28H,8-13,21-23H2,1-7H3,(H,43,47)/t25-,26+. The zero-order chi connectivity index (χ0) is 37.8. The van der Waals surface area contributed by atoms with Crippen molar-refractivity contribution in [3.8, 4) is 17.0 Å². The second kappa shape index (κ2) is 14.4. The van der Waals surface area contributed by atoms with Crippen molar-refractivity contribution in [2.45, 2.75) is 110 Å². The lowest BCUT2D eigenvalue weighted by atomic mass is 9.81. The highest BCUT2D eigenvalue weighted by Crippen LogP contribution is 2.48. The van der Waals surface area contributed by atoms with Crippen molar-refractivity contribution in [1.29, 1.82) is 0 Å². The molecule has 0 radical (unpaired) electrons. The number of carbonyl (C=O) groups excluding carboxylic acids is 2. The summed E-state index contributed by atoms with van der Waals surface area (Å²) in [4.78, 5) is 30.0. The summed E-state index contributed by atoms with van der Waals surface area (Å²) in [5, 5.41) is 5.20. The molecule has 12 heteroatoms. The number of nitrogens with one attached hydrogen (secondary N) is 1. The molecule has 2 aromatic carbocycles. The van der Waals surface area contributed by atoms with Crippen LogP contribution in [0.2, 0.25) is 0 Å². The van der Waals surface area contributed by atoms with E-state index in [1.54, 1.807) is 27.0 Å². The van der Waals surface area contributed by atoms with Crippen LogP contribution < -0.4 is 9.46 Å². The fourth-order valence-corrected chi connectivity index (χ4v) is 9.16. The number of ether oxygens (including phenoxy) is 2. The number of benzene rings is 2. The molecular weight excluding hydrogens is 691 g/mol. The van der Waals surface area contributed by atoms with E-state index in [1.807, 2.05) is 55.5 Å². The summed E-state index contributed by atoms with van der Waals surface area (Å²) in [6, 6.07) is 11.7. The molecule has 1 saturated heterocycles. The second-order valence-electron chi connectivity index (χ2n) is 15.2. The molecule has 3 aliphatic rings. The van der Waals surface area contributed by atoms with Crippen LogP contribution in [0.15, 0.2) is 36.4 Å². The van der Waals surface area contributed by atoms with E-state index in [4.69, 9.17) is 14.6 Å². The molecule has 1 aliphatic carbocycles. The summed E-state index contributed by atoms with van der Waals surface area (Å²) < 4.78 is 43.6. The minimum Gasteiger partial charge on any atom is -0.497 e. The Hall–Kier alpha value is -4.42. The number of amides is 2. The Morgan fingerprint density at radius 3 is 2.42 bits per heavy atom. The number of allylic oxidation sites excluding steroid dienone is 1. The second-order valence-corrected chi connectivity index (χ2v) is 17.4. The maximum absolute atomic E-state index is 14.6. The lowest BCUT2D eigenvalue weighted by molar-refractivity contribution is -0.0588. The topological polar surface area (TPSA) is 125 Å². The highest BCUT2D eigenvalue weighted by Gasteiger charge is 2.35. The molecule has 0 bridgehead atoms. The molecule has 4 aromatic rings. The Balaban J connectivity index is 1.47. The summed E-state index contributed by atoms with van der Waals surface area (Å²) in [6.07, 6.45) is 7.60. The summed E-state index contributed by atoms with van der Waals surface area (Å²) in [5.74, 6) is 0.298. The van der Waals surface area contributed by atoms with Crippen molar-refractivity contribution in [2.75, 3.05) is 20.2 Å². The Kier molecular flexibility index (Phi) is 10.1. The Labute approximate surface area is 312 Å². The number of fused-ring (bicyclic) bond motifs is 5. The van der Waals surface area contributed by atoms with Crippen LogP contribution in [0.4, 0.5) is 0 Å². The van der Waals surface area contributed by atoms with Gasteiger partial charge >= 0.3 is 0 Å². The van der Waals surface area contributed by atoms with E-state index in [2.05, 4.69) is 27.5 Å². The number of aryl methyl sites for hydroxylation is 2. The lowest BCUT2D eigenvalue weighted by Gasteiger charge is -2.35. The van der Waals surface area contributed by atoms with Crippen LogP contribution in [-0.4, -0.2) is 77.1 Å². The SMILES string of the molecule is CCn1nc(C)c(C2=Cc3cc(OC)ccc3-c3c(C4CCCCC4)c4ccc(C(=O)NS(=O)(=O)C(C)C)cc4n3C2)c1C(=O)N1C[C@@H](C)O[C@@H](C)C1. The summed E-state index contributed by atoms with van der Waals surface area (Å²) in [7, 11) is -2.18. The maximum atomic E-state index is 14.6. The Morgan fingerprint density at radius 2 is 1.75 bits per heavy atom. The van der Waals surface area contributed by atoms with E-state index < -0.39 is 21.2 Å². The number of rotatable bonds is 8. The van der Waals surface area contributed by atoms with Crippen LogP contribution in [0.1, 0.15) is 116 Å². The summed E-state index contributed by atoms with van der Waals surface area (Å²) in [6.45, 7) is 12.9. The molecule has 4 heterocycles. The minimum atomic E-state index is -3.84. The Bertz CT molecular complexity index is 2220. The monoisotopic (exact) mass is 741 g/mol. The zero-order valence-electron chi connectivity index (χ0n) is 31.9. The molecule has 282 valence electrons. The first-order valence-electron chi connectivity index (χ1n) is 18.9. The Morgan fingerprint density at radius 1 is 1.04 bits per heavy atom. The third-order valence-electron chi connectivity index (χ3n) is 11.1. The van der Waals surface area contributed by atoms with Crippen molar-refractivity contribution < 1.29 is 27.5 Å². The van der Waals surface area contributed by atoms with Crippen molar-refractivity contribution in [2.24, 2.45) is 0 Å². The molecule has 2 atom stereocenters. The smallest absolute Gasteiger partial charge is 0.272 e. The lowest BCUT2D eigenvalue weighted by Crippen LogP contribution is -2.48. The van der Waals surface area contributed by atoms with Gasteiger partial charge in [0, 0.05) is 53.8 Å². The molecular formula is C41H51N5O6S. The van der Waals surface area contributed by atoms with Crippen molar-refractivity contribution in [1.82, 2.24) is 24.0 Å². The van der Waals surface area contributed by atoms with Crippen LogP contribution in [0.5, 0.6) is 5.75 Å². The minimum absolute atomic E-state index is 0.0775. The van der Waals surface area contributed by atoms with Gasteiger partial charge in [0.2, 0.25) is 10.0 Å². The van der Waals surface area contributed by atoms with E-state index in [0.717, 1.165) is 76.0 Å². The van der Waals surface area contributed by atoms with Crippen LogP contribution in [-0.2, 0) is 27.8 Å². The molecule has 2 aromatic heterocycles. The van der Waals surface area contributed by atoms with Gasteiger partial charge in [0.05, 0.1) is 36.0 Å². The number of aromatic nitrogens is 3. The molecule has 1 N–H and O–H groups in total. The molecule has 11 nitrogen and oxygen atoms in total. The highest BCUT2D eigenvalue weighted by molar-refractivity contribution is 7.90. The van der Waals surface area contributed by atoms with Gasteiger partial charge in [-0.2, -0.15) is 5.10 Å². The van der Waals surface area contributed by atoms with Gasteiger partial charge in [-0.1, -0.05) is 25.3 Å². The van der Waals surface area contributed by atoms with Crippen LogP contribution in [0.3, 0.4) is 0 Å². The number of morpholine rings is 1. The number of hydrogen-bond acceptors (Lipinski definition) is 7. The van der Waals surface area contributed by atoms with E-state index in [1.165, 1.54) is 12.0 Å². The van der Waals surface area contributed by atoms with Crippen molar-refractivity contribution >= 4 is 44.4 Å². The summed E-state index contributed by atoms with van der Waals surface area (Å²) >= 11 is 0. The van der Waals surface area contributed by atoms with Gasteiger partial charge in [0.25, 0.3) is 11.8 Å².